The van der Waals surface area contributed by atoms with Crippen LogP contribution in [0.2, 0.25) is 0 Å². The maximum atomic E-state index is 12.5. The van der Waals surface area contributed by atoms with E-state index in [0.717, 1.165) is 11.5 Å². The molecule has 152 valence electrons. The van der Waals surface area contributed by atoms with E-state index in [2.05, 4.69) is 15.5 Å². The second-order valence-electron chi connectivity index (χ2n) is 6.45. The van der Waals surface area contributed by atoms with Crippen LogP contribution in [0.3, 0.4) is 0 Å². The van der Waals surface area contributed by atoms with Gasteiger partial charge in [-0.15, -0.1) is 10.2 Å². The molecular weight excluding hydrogens is 388 g/mol. The molecule has 1 N–H and O–H groups in total. The maximum Gasteiger partial charge on any atom is 0.237 e. The largest absolute Gasteiger partial charge is 0.497 e. The summed E-state index contributed by atoms with van der Waals surface area (Å²) in [7, 11) is 3.48. The number of amides is 1. The first-order chi connectivity index (χ1) is 14.0. The molecule has 1 amide bonds. The van der Waals surface area contributed by atoms with Gasteiger partial charge in [-0.2, -0.15) is 0 Å². The fraction of sp³-hybridized carbons (Fsp3) is 0.286. The summed E-state index contributed by atoms with van der Waals surface area (Å²) in [6, 6.07) is 16.8. The maximum absolute atomic E-state index is 12.5. The van der Waals surface area contributed by atoms with Gasteiger partial charge in [-0.25, -0.2) is 0 Å². The Morgan fingerprint density at radius 1 is 1.03 bits per heavy atom. The van der Waals surface area contributed by atoms with Gasteiger partial charge in [-0.05, 0) is 50.2 Å². The second kappa shape index (κ2) is 9.47. The highest BCUT2D eigenvalue weighted by molar-refractivity contribution is 8.00. The van der Waals surface area contributed by atoms with Crippen LogP contribution >= 0.6 is 11.8 Å². The minimum atomic E-state index is -0.349. The molecular formula is C21H24N4O3S. The Bertz CT molecular complexity index is 944. The quantitative estimate of drug-likeness (QED) is 0.562. The van der Waals surface area contributed by atoms with Gasteiger partial charge in [0.2, 0.25) is 5.91 Å². The van der Waals surface area contributed by atoms with Crippen LogP contribution in [0.15, 0.2) is 59.8 Å². The summed E-state index contributed by atoms with van der Waals surface area (Å²) in [6.07, 6.45) is -0.271. The molecule has 0 bridgehead atoms. The van der Waals surface area contributed by atoms with Gasteiger partial charge in [0.15, 0.2) is 17.1 Å². The molecule has 8 heteroatoms. The van der Waals surface area contributed by atoms with E-state index in [1.165, 1.54) is 11.8 Å². The molecule has 0 saturated heterocycles. The van der Waals surface area contributed by atoms with Crippen LogP contribution < -0.4 is 14.8 Å². The van der Waals surface area contributed by atoms with Crippen molar-refractivity contribution in [2.24, 2.45) is 7.05 Å². The number of hydrogen-bond donors (Lipinski definition) is 1. The SMILES string of the molecule is COc1ccc(NC(=O)[C@@H](C)Sc2nnc([C@H](C)Oc3ccccc3)n2C)cc1. The monoisotopic (exact) mass is 412 g/mol. The number of rotatable bonds is 8. The molecule has 0 aliphatic rings. The molecule has 0 aliphatic carbocycles. The van der Waals surface area contributed by atoms with E-state index in [9.17, 15) is 4.79 Å². The Balaban J connectivity index is 1.61. The van der Waals surface area contributed by atoms with E-state index in [-0.39, 0.29) is 17.3 Å². The predicted octanol–water partition coefficient (Wildman–Crippen LogP) is 4.08. The van der Waals surface area contributed by atoms with Crippen LogP contribution in [0.4, 0.5) is 5.69 Å². The van der Waals surface area contributed by atoms with E-state index in [0.29, 0.717) is 16.7 Å². The third kappa shape index (κ3) is 5.29. The summed E-state index contributed by atoms with van der Waals surface area (Å²) < 4.78 is 12.9. The number of para-hydroxylation sites is 1. The van der Waals surface area contributed by atoms with Gasteiger partial charge in [0.05, 0.1) is 12.4 Å². The van der Waals surface area contributed by atoms with Crippen molar-refractivity contribution in [3.05, 3.63) is 60.4 Å². The van der Waals surface area contributed by atoms with Crippen molar-refractivity contribution >= 4 is 23.4 Å². The summed E-state index contributed by atoms with van der Waals surface area (Å²) >= 11 is 1.35. The molecule has 2 atom stereocenters. The zero-order chi connectivity index (χ0) is 20.8. The predicted molar refractivity (Wildman–Crippen MR) is 113 cm³/mol. The number of anilines is 1. The van der Waals surface area contributed by atoms with Gasteiger partial charge < -0.3 is 19.4 Å². The first-order valence-corrected chi connectivity index (χ1v) is 10.1. The zero-order valence-corrected chi connectivity index (χ0v) is 17.6. The first-order valence-electron chi connectivity index (χ1n) is 9.20. The fourth-order valence-electron chi connectivity index (χ4n) is 2.67. The fourth-order valence-corrected chi connectivity index (χ4v) is 3.49. The molecule has 2 aromatic carbocycles. The van der Waals surface area contributed by atoms with Gasteiger partial charge in [-0.3, -0.25) is 4.79 Å². The number of nitrogens with one attached hydrogen (secondary N) is 1. The third-order valence-corrected chi connectivity index (χ3v) is 5.43. The lowest BCUT2D eigenvalue weighted by atomic mass is 10.3. The molecule has 7 nitrogen and oxygen atoms in total. The smallest absolute Gasteiger partial charge is 0.237 e. The number of thioether (sulfide) groups is 1. The van der Waals surface area contributed by atoms with Crippen molar-refractivity contribution in [3.8, 4) is 11.5 Å². The Morgan fingerprint density at radius 2 is 1.72 bits per heavy atom. The first kappa shape index (κ1) is 20.7. The lowest BCUT2D eigenvalue weighted by molar-refractivity contribution is -0.115. The minimum absolute atomic E-state index is 0.113. The number of ether oxygens (including phenoxy) is 2. The summed E-state index contributed by atoms with van der Waals surface area (Å²) in [5.41, 5.74) is 0.715. The minimum Gasteiger partial charge on any atom is -0.497 e. The number of hydrogen-bond acceptors (Lipinski definition) is 6. The van der Waals surface area contributed by atoms with Crippen molar-refractivity contribution in [3.63, 3.8) is 0 Å². The number of carbonyl (C=O) groups excluding carboxylic acids is 1. The number of nitrogens with zero attached hydrogens (tertiary/aromatic N) is 3. The van der Waals surface area contributed by atoms with Gasteiger partial charge in [0.1, 0.15) is 11.5 Å². The highest BCUT2D eigenvalue weighted by Crippen LogP contribution is 2.26. The Labute approximate surface area is 174 Å². The number of aromatic nitrogens is 3. The standard InChI is InChI=1S/C21H24N4O3S/c1-14(28-18-8-6-5-7-9-18)19-23-24-21(25(19)3)29-15(2)20(26)22-16-10-12-17(27-4)13-11-16/h5-15H,1-4H3,(H,22,26)/t14-,15+/m0/s1. The van der Waals surface area contributed by atoms with Crippen molar-refractivity contribution in [1.82, 2.24) is 14.8 Å². The molecule has 0 spiro atoms. The van der Waals surface area contributed by atoms with Crippen LogP contribution in [0.1, 0.15) is 25.8 Å². The van der Waals surface area contributed by atoms with Crippen molar-refractivity contribution in [2.75, 3.05) is 12.4 Å². The normalized spacial score (nSPS) is 12.8. The average Bonchev–Trinajstić information content (AvgIpc) is 3.09. The Hall–Kier alpha value is -3.00. The molecule has 1 aromatic heterocycles. The second-order valence-corrected chi connectivity index (χ2v) is 7.76. The highest BCUT2D eigenvalue weighted by Gasteiger charge is 2.21. The Morgan fingerprint density at radius 3 is 2.38 bits per heavy atom. The average molecular weight is 413 g/mol. The van der Waals surface area contributed by atoms with E-state index in [1.54, 1.807) is 31.4 Å². The van der Waals surface area contributed by atoms with Crippen LogP contribution in [-0.2, 0) is 11.8 Å². The summed E-state index contributed by atoms with van der Waals surface area (Å²) in [5, 5.41) is 11.7. The number of benzene rings is 2. The van der Waals surface area contributed by atoms with Gasteiger partial charge in [-0.1, -0.05) is 30.0 Å². The summed E-state index contributed by atoms with van der Waals surface area (Å²) in [4.78, 5) is 12.5. The molecule has 1 heterocycles. The molecule has 0 unspecified atom stereocenters. The van der Waals surface area contributed by atoms with Crippen LogP contribution in [0.25, 0.3) is 0 Å². The van der Waals surface area contributed by atoms with E-state index in [1.807, 2.05) is 55.8 Å². The van der Waals surface area contributed by atoms with Gasteiger partial charge in [0, 0.05) is 12.7 Å². The van der Waals surface area contributed by atoms with Crippen molar-refractivity contribution in [1.29, 1.82) is 0 Å². The van der Waals surface area contributed by atoms with Gasteiger partial charge >= 0.3 is 0 Å². The molecule has 3 rings (SSSR count). The summed E-state index contributed by atoms with van der Waals surface area (Å²) in [5.74, 6) is 2.09. The van der Waals surface area contributed by atoms with E-state index in [4.69, 9.17) is 9.47 Å². The van der Waals surface area contributed by atoms with E-state index >= 15 is 0 Å². The third-order valence-electron chi connectivity index (χ3n) is 4.30. The van der Waals surface area contributed by atoms with E-state index < -0.39 is 0 Å². The van der Waals surface area contributed by atoms with Gasteiger partial charge in [0.25, 0.3) is 0 Å². The lowest BCUT2D eigenvalue weighted by Gasteiger charge is -2.15. The van der Waals surface area contributed by atoms with Crippen LogP contribution in [0, 0.1) is 0 Å². The molecule has 0 saturated carbocycles. The van der Waals surface area contributed by atoms with Crippen molar-refractivity contribution < 1.29 is 14.3 Å². The zero-order valence-electron chi connectivity index (χ0n) is 16.8. The highest BCUT2D eigenvalue weighted by atomic mass is 32.2. The molecule has 0 aliphatic heterocycles. The molecule has 29 heavy (non-hydrogen) atoms. The molecule has 0 fully saturated rings. The molecule has 0 radical (unpaired) electrons. The topological polar surface area (TPSA) is 78.3 Å². The summed E-state index contributed by atoms with van der Waals surface area (Å²) in [6.45, 7) is 3.76. The van der Waals surface area contributed by atoms with Crippen LogP contribution in [0.5, 0.6) is 11.5 Å². The number of carbonyl (C=O) groups is 1. The lowest BCUT2D eigenvalue weighted by Crippen LogP contribution is -2.22. The van der Waals surface area contributed by atoms with Crippen LogP contribution in [-0.4, -0.2) is 33.0 Å². The van der Waals surface area contributed by atoms with Crippen molar-refractivity contribution in [2.45, 2.75) is 30.4 Å². The number of methoxy groups -OCH3 is 1. The molecule has 3 aromatic rings. The Kier molecular flexibility index (Phi) is 6.77.